The minimum Gasteiger partial charge on any atom is -0.485 e. The summed E-state index contributed by atoms with van der Waals surface area (Å²) in [6.45, 7) is 16.7. The van der Waals surface area contributed by atoms with Gasteiger partial charge >= 0.3 is 0 Å². The lowest BCUT2D eigenvalue weighted by atomic mass is 9.96. The highest BCUT2D eigenvalue weighted by molar-refractivity contribution is 6.30. The van der Waals surface area contributed by atoms with Crippen molar-refractivity contribution < 1.29 is 60.8 Å². The van der Waals surface area contributed by atoms with Crippen molar-refractivity contribution in [1.82, 2.24) is 79.7 Å². The average Bonchev–Trinajstić information content (AvgIpc) is 1.69. The van der Waals surface area contributed by atoms with E-state index < -0.39 is 34.0 Å². The smallest absolute Gasteiger partial charge is 0.259 e. The van der Waals surface area contributed by atoms with Crippen molar-refractivity contribution in [3.8, 4) is 34.5 Å². The number of nitrogens with two attached hydrogens (primary N) is 1. The van der Waals surface area contributed by atoms with Crippen LogP contribution in [0.1, 0.15) is 162 Å². The molecule has 1 unspecified atom stereocenters. The molecule has 0 saturated heterocycles. The molecule has 0 spiro atoms. The van der Waals surface area contributed by atoms with Crippen LogP contribution in [0.25, 0.3) is 22.6 Å². The van der Waals surface area contributed by atoms with Crippen molar-refractivity contribution in [2.45, 2.75) is 122 Å². The van der Waals surface area contributed by atoms with Gasteiger partial charge < -0.3 is 76.7 Å². The molecule has 4 aromatic carbocycles. The van der Waals surface area contributed by atoms with E-state index in [-0.39, 0.29) is 105 Å². The van der Waals surface area contributed by atoms with Crippen molar-refractivity contribution in [1.29, 1.82) is 0 Å². The number of carbonyl (C=O) groups is 4. The van der Waals surface area contributed by atoms with Crippen molar-refractivity contribution in [3.63, 3.8) is 0 Å². The van der Waals surface area contributed by atoms with Gasteiger partial charge in [-0.25, -0.2) is 51.2 Å². The fraction of sp³-hybridized carbons (Fsp3) is 0.325. The minimum absolute atomic E-state index is 0. The molecular weight excluding hydrogens is 1470 g/mol. The highest BCUT2D eigenvalue weighted by atomic mass is 35.5. The van der Waals surface area contributed by atoms with Gasteiger partial charge in [0.1, 0.15) is 98.9 Å². The Bertz CT molecular complexity index is 5700. The minimum atomic E-state index is -0.804. The number of fused-ring (bicyclic) bond motifs is 8. The molecule has 8 aromatic heterocycles. The number of hydrogen-bond acceptors (Lipinski definition) is 23. The number of nitrogen functional groups attached to an aromatic ring is 1. The Morgan fingerprint density at radius 2 is 0.786 bits per heavy atom. The molecule has 16 heterocycles. The number of carbonyl (C=O) groups excluding carboxylic acids is 4. The monoisotopic (exact) mass is 1550 g/mol. The van der Waals surface area contributed by atoms with E-state index in [1.807, 2.05) is 73.6 Å². The first-order valence-electron chi connectivity index (χ1n) is 35.8. The van der Waals surface area contributed by atoms with Crippen molar-refractivity contribution >= 4 is 86.9 Å². The normalized spacial score (nSPS) is 23.4. The Labute approximate surface area is 641 Å². The Balaban J connectivity index is 0.000000113. The molecule has 4 amide bonds. The van der Waals surface area contributed by atoms with Gasteiger partial charge in [0.05, 0.1) is 68.9 Å². The largest absolute Gasteiger partial charge is 0.485 e. The van der Waals surface area contributed by atoms with Crippen LogP contribution in [0.15, 0.2) is 116 Å². The molecule has 578 valence electrons. The second-order valence-corrected chi connectivity index (χ2v) is 30.1. The lowest BCUT2D eigenvalue weighted by molar-refractivity contribution is 0.00579. The summed E-state index contributed by atoms with van der Waals surface area (Å²) in [5, 5.41) is 42.1. The summed E-state index contributed by atoms with van der Waals surface area (Å²) in [6.07, 6.45) is 12.5. The molecule has 0 saturated carbocycles. The summed E-state index contributed by atoms with van der Waals surface area (Å²) in [4.78, 5) is 69.1. The molecule has 0 fully saturated rings. The highest BCUT2D eigenvalue weighted by Crippen LogP contribution is 2.47. The maximum atomic E-state index is 14.2. The van der Waals surface area contributed by atoms with Crippen LogP contribution in [0.5, 0.6) is 34.5 Å². The molecular formula is C77H77ClF3N21O10. The molecule has 20 rings (SSSR count). The lowest BCUT2D eigenvalue weighted by Crippen LogP contribution is -2.51. The SMILES string of the molecule is C.C[C@H]1Nc2ccn3nc(N)c(c3n2)C(=O)NC[C@@]2(C)Cc3cc(F)cc1c3O2.C[C@H]1Nc2ccn3ncc(c3n2)C(=O)NCC2(C)Cc3cc(Cl)cc1c3O2.C[C@H]1Nc2ccn3ncc(c3n2)C(=O)NC[C@@]2(C)COc3cc(F)cc1c3O2.C[C@H]1Nc2ccn3ncc(c3n2)C(=O)NC[C@]2(C)COc3cc(F)cc1c3O2. The molecule has 31 nitrogen and oxygen atoms in total. The summed E-state index contributed by atoms with van der Waals surface area (Å²) in [5.74, 6) is 3.12. The Kier molecular flexibility index (Phi) is 18.1. The van der Waals surface area contributed by atoms with Crippen LogP contribution in [0.2, 0.25) is 5.02 Å². The number of amides is 4. The summed E-state index contributed by atoms with van der Waals surface area (Å²) in [6, 6.07) is 18.3. The highest BCUT2D eigenvalue weighted by Gasteiger charge is 2.43. The third kappa shape index (κ3) is 13.7. The van der Waals surface area contributed by atoms with E-state index >= 15 is 0 Å². The fourth-order valence-electron chi connectivity index (χ4n) is 14.7. The van der Waals surface area contributed by atoms with Gasteiger partial charge in [0.15, 0.2) is 62.6 Å². The zero-order chi connectivity index (χ0) is 77.3. The molecule has 0 aliphatic carbocycles. The van der Waals surface area contributed by atoms with Gasteiger partial charge in [0, 0.05) is 88.2 Å². The van der Waals surface area contributed by atoms with E-state index in [1.54, 1.807) is 47.5 Å². The number of ether oxygens (including phenoxy) is 6. The van der Waals surface area contributed by atoms with Crippen molar-refractivity contribution in [3.05, 3.63) is 194 Å². The zero-order valence-corrected chi connectivity index (χ0v) is 61.7. The molecule has 8 aliphatic heterocycles. The maximum Gasteiger partial charge on any atom is 0.259 e. The summed E-state index contributed by atoms with van der Waals surface area (Å²) < 4.78 is 85.3. The molecule has 35 heteroatoms. The van der Waals surface area contributed by atoms with E-state index in [2.05, 4.69) is 82.9 Å². The van der Waals surface area contributed by atoms with Crippen LogP contribution in [0.4, 0.5) is 42.3 Å². The van der Waals surface area contributed by atoms with Crippen LogP contribution in [-0.2, 0) is 12.8 Å². The fourth-order valence-corrected chi connectivity index (χ4v) is 15.0. The van der Waals surface area contributed by atoms with Crippen LogP contribution < -0.4 is 76.7 Å². The molecule has 16 bridgehead atoms. The lowest BCUT2D eigenvalue weighted by Gasteiger charge is -2.37. The van der Waals surface area contributed by atoms with Crippen molar-refractivity contribution in [2.24, 2.45) is 0 Å². The summed E-state index contributed by atoms with van der Waals surface area (Å²) >= 11 is 6.36. The van der Waals surface area contributed by atoms with Crippen LogP contribution in [-0.4, -0.2) is 144 Å². The molecule has 8 atom stereocenters. The Morgan fingerprint density at radius 1 is 0.446 bits per heavy atom. The van der Waals surface area contributed by atoms with E-state index in [0.29, 0.717) is 132 Å². The van der Waals surface area contributed by atoms with Gasteiger partial charge in [-0.1, -0.05) is 19.0 Å². The first-order chi connectivity index (χ1) is 53.1. The first kappa shape index (κ1) is 73.3. The van der Waals surface area contributed by atoms with Gasteiger partial charge in [-0.3, -0.25) is 19.2 Å². The van der Waals surface area contributed by atoms with Gasteiger partial charge in [-0.05, 0) is 116 Å². The molecule has 0 radical (unpaired) electrons. The first-order valence-corrected chi connectivity index (χ1v) is 36.2. The number of anilines is 5. The summed E-state index contributed by atoms with van der Waals surface area (Å²) in [5.41, 5.74) is 11.0. The molecule has 12 aromatic rings. The molecule has 8 aliphatic rings. The average molecular weight is 1550 g/mol. The maximum absolute atomic E-state index is 14.2. The van der Waals surface area contributed by atoms with Gasteiger partial charge in [-0.15, -0.1) is 5.10 Å². The van der Waals surface area contributed by atoms with E-state index in [9.17, 15) is 32.3 Å². The van der Waals surface area contributed by atoms with Crippen LogP contribution >= 0.6 is 11.6 Å². The van der Waals surface area contributed by atoms with E-state index in [1.165, 1.54) is 68.5 Å². The van der Waals surface area contributed by atoms with Crippen LogP contribution in [0.3, 0.4) is 0 Å². The van der Waals surface area contributed by atoms with Crippen molar-refractivity contribution in [2.75, 3.05) is 66.4 Å². The number of nitrogens with one attached hydrogen (secondary N) is 8. The number of benzene rings is 4. The number of rotatable bonds is 0. The Morgan fingerprint density at radius 3 is 1.21 bits per heavy atom. The number of hydrogen-bond donors (Lipinski definition) is 9. The third-order valence-corrected chi connectivity index (χ3v) is 20.6. The predicted molar refractivity (Wildman–Crippen MR) is 406 cm³/mol. The summed E-state index contributed by atoms with van der Waals surface area (Å²) in [7, 11) is 0. The topological polar surface area (TPSA) is 367 Å². The molecule has 10 N–H and O–H groups in total. The Hall–Kier alpha value is -12.9. The number of nitrogens with zero attached hydrogens (tertiary/aromatic N) is 12. The van der Waals surface area contributed by atoms with E-state index in [0.717, 1.165) is 22.4 Å². The van der Waals surface area contributed by atoms with Gasteiger partial charge in [0.25, 0.3) is 23.6 Å². The second-order valence-electron chi connectivity index (χ2n) is 29.7. The number of aromatic nitrogens is 12. The van der Waals surface area contributed by atoms with Crippen LogP contribution in [0, 0.1) is 17.5 Å². The quantitative estimate of drug-likeness (QED) is 0.0681. The van der Waals surface area contributed by atoms with Gasteiger partial charge in [0.2, 0.25) is 0 Å². The molecule has 112 heavy (non-hydrogen) atoms. The third-order valence-electron chi connectivity index (χ3n) is 20.4. The zero-order valence-electron chi connectivity index (χ0n) is 61.0. The van der Waals surface area contributed by atoms with Gasteiger partial charge in [-0.2, -0.15) is 15.3 Å². The predicted octanol–water partition coefficient (Wildman–Crippen LogP) is 10.3. The second kappa shape index (κ2) is 27.6. The number of halogens is 4. The van der Waals surface area contributed by atoms with E-state index in [4.69, 9.17) is 45.8 Å². The standard InChI is InChI=1S/C19H18ClN5O2.C19H19FN6O2.2C19H18FN5O3.CH4/c1-10-13-6-12(20)5-11-7-19(2,27-16(11)13)9-21-18(26)14-8-22-25-4-3-15(23-10)24-17(14)25;1-9-12-6-11(20)5-10-7-19(2,28-15(10)12)8-22-18(27)14-16(21)25-26-4-3-13(23-9)24-17(14)26;2*1-10-12-5-11(20)6-14-16(12)28-19(2,9-27-14)8-21-18(26)13-7-22-25-4-3-15(23-10)24-17(13)25;/h3-6,8,10H,7,9H2,1-2H3,(H,21,26)(H,23,24);3-6,9H,7-8H2,1-2H3,(H2,21,25)(H,22,27)(H,23,24);2*3-7,10H,8-9H2,1-2H3,(H,21,26)(H,23,24);1H4/t10-,19?;9-,19-;10-,19+;10-,19-;/m1111./s1.